The van der Waals surface area contributed by atoms with Crippen molar-refractivity contribution in [3.8, 4) is 5.75 Å². The van der Waals surface area contributed by atoms with Gasteiger partial charge in [0.05, 0.1) is 13.2 Å². The Balaban J connectivity index is 1.62. The van der Waals surface area contributed by atoms with E-state index in [0.717, 1.165) is 5.75 Å². The molecular formula is C18H25NO2. The minimum atomic E-state index is 0.185. The van der Waals surface area contributed by atoms with Gasteiger partial charge in [-0.25, -0.2) is 0 Å². The van der Waals surface area contributed by atoms with Crippen molar-refractivity contribution in [1.29, 1.82) is 0 Å². The molecule has 0 saturated heterocycles. The minimum absolute atomic E-state index is 0.185. The van der Waals surface area contributed by atoms with Crippen molar-refractivity contribution in [1.82, 2.24) is 5.32 Å². The molecule has 1 amide bonds. The molecule has 21 heavy (non-hydrogen) atoms. The van der Waals surface area contributed by atoms with Gasteiger partial charge >= 0.3 is 0 Å². The lowest BCUT2D eigenvalue weighted by Gasteiger charge is -2.20. The molecule has 0 aromatic heterocycles. The number of ether oxygens (including phenoxy) is 1. The van der Waals surface area contributed by atoms with Crippen LogP contribution in [0.25, 0.3) is 0 Å². The highest BCUT2D eigenvalue weighted by atomic mass is 16.5. The van der Waals surface area contributed by atoms with Gasteiger partial charge in [0, 0.05) is 6.42 Å². The molecule has 1 aromatic carbocycles. The van der Waals surface area contributed by atoms with Crippen molar-refractivity contribution in [3.63, 3.8) is 0 Å². The first kappa shape index (κ1) is 14.4. The zero-order valence-corrected chi connectivity index (χ0v) is 12.8. The predicted molar refractivity (Wildman–Crippen MR) is 83.2 cm³/mol. The zero-order valence-electron chi connectivity index (χ0n) is 12.8. The Morgan fingerprint density at radius 3 is 2.43 bits per heavy atom. The van der Waals surface area contributed by atoms with Gasteiger partial charge in [-0.3, -0.25) is 4.79 Å². The number of carbonyl (C=O) groups excluding carboxylic acids is 1. The van der Waals surface area contributed by atoms with Crippen LogP contribution < -0.4 is 10.1 Å². The number of rotatable bonds is 6. The molecule has 0 heterocycles. The lowest BCUT2D eigenvalue weighted by molar-refractivity contribution is -0.122. The Bertz CT molecular complexity index is 472. The highest BCUT2D eigenvalue weighted by Crippen LogP contribution is 2.41. The first-order chi connectivity index (χ1) is 10.3. The Morgan fingerprint density at radius 2 is 1.86 bits per heavy atom. The van der Waals surface area contributed by atoms with Crippen LogP contribution >= 0.6 is 0 Å². The highest BCUT2D eigenvalue weighted by Gasteiger charge is 2.33. The van der Waals surface area contributed by atoms with Crippen LogP contribution in [0.4, 0.5) is 0 Å². The van der Waals surface area contributed by atoms with Crippen molar-refractivity contribution >= 4 is 5.91 Å². The molecule has 2 aliphatic rings. The summed E-state index contributed by atoms with van der Waals surface area (Å²) >= 11 is 0. The number of nitrogens with one attached hydrogen (secondary N) is 1. The molecule has 2 aliphatic carbocycles. The summed E-state index contributed by atoms with van der Waals surface area (Å²) in [6, 6.07) is 8.31. The van der Waals surface area contributed by atoms with Crippen LogP contribution in [-0.2, 0) is 4.79 Å². The summed E-state index contributed by atoms with van der Waals surface area (Å²) in [4.78, 5) is 12.3. The third kappa shape index (κ3) is 3.78. The number of amides is 1. The summed E-state index contributed by atoms with van der Waals surface area (Å²) in [6.45, 7) is 0. The third-order valence-electron chi connectivity index (χ3n) is 4.83. The van der Waals surface area contributed by atoms with E-state index in [0.29, 0.717) is 18.3 Å². The van der Waals surface area contributed by atoms with Gasteiger partial charge < -0.3 is 10.1 Å². The fourth-order valence-electron chi connectivity index (χ4n) is 3.42. The van der Waals surface area contributed by atoms with Crippen LogP contribution in [0.5, 0.6) is 5.75 Å². The fourth-order valence-corrected chi connectivity index (χ4v) is 3.42. The first-order valence-corrected chi connectivity index (χ1v) is 8.19. The van der Waals surface area contributed by atoms with Crippen LogP contribution in [0.15, 0.2) is 24.3 Å². The first-order valence-electron chi connectivity index (χ1n) is 8.19. The number of benzene rings is 1. The van der Waals surface area contributed by atoms with Gasteiger partial charge in [0.2, 0.25) is 5.91 Å². The standard InChI is InChI=1S/C18H25NO2/c1-21-16-10-8-15(9-11-16)18(14-6-7-14)19-17(20)12-13-4-2-3-5-13/h8-11,13-14,18H,2-7,12H2,1H3,(H,19,20). The normalized spacial score (nSPS) is 20.2. The van der Waals surface area contributed by atoms with Crippen molar-refractivity contribution < 1.29 is 9.53 Å². The number of hydrogen-bond acceptors (Lipinski definition) is 2. The van der Waals surface area contributed by atoms with Crippen molar-refractivity contribution in [2.75, 3.05) is 7.11 Å². The monoisotopic (exact) mass is 287 g/mol. The van der Waals surface area contributed by atoms with Crippen LogP contribution in [0.2, 0.25) is 0 Å². The topological polar surface area (TPSA) is 38.3 Å². The Labute approximate surface area is 127 Å². The lowest BCUT2D eigenvalue weighted by atomic mass is 10.00. The Kier molecular flexibility index (Phi) is 4.47. The second kappa shape index (κ2) is 6.50. The molecular weight excluding hydrogens is 262 g/mol. The number of methoxy groups -OCH3 is 1. The molecule has 1 unspecified atom stereocenters. The van der Waals surface area contributed by atoms with Gasteiger partial charge in [0.15, 0.2) is 0 Å². The number of hydrogen-bond donors (Lipinski definition) is 1. The largest absolute Gasteiger partial charge is 0.497 e. The molecule has 2 saturated carbocycles. The van der Waals surface area contributed by atoms with Crippen molar-refractivity contribution in [2.24, 2.45) is 11.8 Å². The quantitative estimate of drug-likeness (QED) is 0.863. The van der Waals surface area contributed by atoms with E-state index in [-0.39, 0.29) is 11.9 Å². The summed E-state index contributed by atoms with van der Waals surface area (Å²) in [5, 5.41) is 3.28. The average Bonchev–Trinajstić information content (AvgIpc) is 3.23. The molecule has 2 fully saturated rings. The molecule has 114 valence electrons. The van der Waals surface area contributed by atoms with Gasteiger partial charge in [-0.1, -0.05) is 25.0 Å². The van der Waals surface area contributed by atoms with E-state index in [9.17, 15) is 4.79 Å². The smallest absolute Gasteiger partial charge is 0.220 e. The van der Waals surface area contributed by atoms with E-state index in [1.165, 1.54) is 44.1 Å². The zero-order chi connectivity index (χ0) is 14.7. The second-order valence-corrected chi connectivity index (χ2v) is 6.51. The van der Waals surface area contributed by atoms with Gasteiger partial charge in [0.1, 0.15) is 5.75 Å². The minimum Gasteiger partial charge on any atom is -0.497 e. The molecule has 1 atom stereocenters. The van der Waals surface area contributed by atoms with Crippen LogP contribution in [-0.4, -0.2) is 13.0 Å². The molecule has 3 rings (SSSR count). The fraction of sp³-hybridized carbons (Fsp3) is 0.611. The molecule has 0 radical (unpaired) electrons. The molecule has 1 N–H and O–H groups in total. The highest BCUT2D eigenvalue weighted by molar-refractivity contribution is 5.76. The summed E-state index contributed by atoms with van der Waals surface area (Å²) in [5.41, 5.74) is 1.21. The molecule has 0 aliphatic heterocycles. The van der Waals surface area contributed by atoms with Gasteiger partial charge in [-0.2, -0.15) is 0 Å². The predicted octanol–water partition coefficient (Wildman–Crippen LogP) is 3.84. The second-order valence-electron chi connectivity index (χ2n) is 6.51. The van der Waals surface area contributed by atoms with E-state index in [2.05, 4.69) is 17.4 Å². The maximum absolute atomic E-state index is 12.3. The third-order valence-corrected chi connectivity index (χ3v) is 4.83. The summed E-state index contributed by atoms with van der Waals surface area (Å²) < 4.78 is 5.21. The summed E-state index contributed by atoms with van der Waals surface area (Å²) in [5.74, 6) is 2.33. The van der Waals surface area contributed by atoms with E-state index in [1.54, 1.807) is 7.11 Å². The Morgan fingerprint density at radius 1 is 1.19 bits per heavy atom. The van der Waals surface area contributed by atoms with E-state index < -0.39 is 0 Å². The molecule has 3 nitrogen and oxygen atoms in total. The molecule has 3 heteroatoms. The number of carbonyl (C=O) groups is 1. The average molecular weight is 287 g/mol. The maximum atomic E-state index is 12.3. The summed E-state index contributed by atoms with van der Waals surface area (Å²) in [6.07, 6.45) is 8.19. The van der Waals surface area contributed by atoms with Gasteiger partial charge in [0.25, 0.3) is 0 Å². The SMILES string of the molecule is COc1ccc(C(NC(=O)CC2CCCC2)C2CC2)cc1. The van der Waals surface area contributed by atoms with Crippen LogP contribution in [0, 0.1) is 11.8 Å². The molecule has 0 bridgehead atoms. The maximum Gasteiger partial charge on any atom is 0.220 e. The van der Waals surface area contributed by atoms with E-state index in [4.69, 9.17) is 4.74 Å². The lowest BCUT2D eigenvalue weighted by Crippen LogP contribution is -2.30. The Hall–Kier alpha value is -1.51. The van der Waals surface area contributed by atoms with Crippen molar-refractivity contribution in [3.05, 3.63) is 29.8 Å². The van der Waals surface area contributed by atoms with Crippen LogP contribution in [0.1, 0.15) is 56.6 Å². The van der Waals surface area contributed by atoms with E-state index in [1.807, 2.05) is 12.1 Å². The van der Waals surface area contributed by atoms with E-state index >= 15 is 0 Å². The summed E-state index contributed by atoms with van der Waals surface area (Å²) in [7, 11) is 1.68. The van der Waals surface area contributed by atoms with Gasteiger partial charge in [-0.05, 0) is 55.2 Å². The molecule has 1 aromatic rings. The molecule has 0 spiro atoms. The van der Waals surface area contributed by atoms with Crippen LogP contribution in [0.3, 0.4) is 0 Å². The van der Waals surface area contributed by atoms with Crippen molar-refractivity contribution in [2.45, 2.75) is 51.0 Å². The van der Waals surface area contributed by atoms with Gasteiger partial charge in [-0.15, -0.1) is 0 Å².